The predicted molar refractivity (Wildman–Crippen MR) is 76.6 cm³/mol. The molecule has 19 heavy (non-hydrogen) atoms. The molecule has 0 aliphatic heterocycles. The Kier molecular flexibility index (Phi) is 3.14. The van der Waals surface area contributed by atoms with E-state index in [2.05, 4.69) is 9.71 Å². The molecule has 0 unspecified atom stereocenters. The number of nitrogens with one attached hydrogen (secondary N) is 2. The van der Waals surface area contributed by atoms with E-state index in [1.165, 1.54) is 11.3 Å². The van der Waals surface area contributed by atoms with Crippen LogP contribution in [0.25, 0.3) is 10.9 Å². The molecule has 0 saturated heterocycles. The van der Waals surface area contributed by atoms with Crippen molar-refractivity contribution in [3.05, 3.63) is 53.5 Å². The maximum Gasteiger partial charge on any atom is 0.250 e. The first-order valence-electron chi connectivity index (χ1n) is 5.75. The molecule has 0 amide bonds. The van der Waals surface area contributed by atoms with Crippen LogP contribution in [-0.4, -0.2) is 13.4 Å². The van der Waals surface area contributed by atoms with Crippen LogP contribution < -0.4 is 4.72 Å². The third kappa shape index (κ3) is 2.56. The van der Waals surface area contributed by atoms with E-state index in [1.807, 2.05) is 30.3 Å². The Morgan fingerprint density at radius 1 is 1.16 bits per heavy atom. The van der Waals surface area contributed by atoms with Crippen LogP contribution in [-0.2, 0) is 16.6 Å². The van der Waals surface area contributed by atoms with Crippen LogP contribution in [0.5, 0.6) is 0 Å². The van der Waals surface area contributed by atoms with Crippen molar-refractivity contribution in [2.24, 2.45) is 0 Å². The molecule has 0 aliphatic rings. The van der Waals surface area contributed by atoms with E-state index in [9.17, 15) is 8.42 Å². The largest absolute Gasteiger partial charge is 0.357 e. The number of fused-ring (bicyclic) bond motifs is 1. The topological polar surface area (TPSA) is 62.0 Å². The number of thiophene rings is 1. The molecule has 0 bridgehead atoms. The van der Waals surface area contributed by atoms with Crippen molar-refractivity contribution in [2.75, 3.05) is 0 Å². The van der Waals surface area contributed by atoms with Crippen molar-refractivity contribution < 1.29 is 8.42 Å². The number of hydrogen-bond acceptors (Lipinski definition) is 3. The highest BCUT2D eigenvalue weighted by Gasteiger charge is 2.14. The van der Waals surface area contributed by atoms with Gasteiger partial charge in [0.1, 0.15) is 4.21 Å². The Morgan fingerprint density at radius 3 is 2.74 bits per heavy atom. The molecule has 1 aromatic carbocycles. The maximum atomic E-state index is 12.0. The van der Waals surface area contributed by atoms with Gasteiger partial charge in [0.15, 0.2) is 0 Å². The number of aromatic amines is 1. The number of hydrogen-bond donors (Lipinski definition) is 2. The summed E-state index contributed by atoms with van der Waals surface area (Å²) in [6, 6.07) is 13.1. The minimum atomic E-state index is -3.40. The lowest BCUT2D eigenvalue weighted by atomic mass is 10.2. The van der Waals surface area contributed by atoms with Crippen molar-refractivity contribution in [2.45, 2.75) is 10.8 Å². The summed E-state index contributed by atoms with van der Waals surface area (Å²) in [5.74, 6) is 0. The number of sulfonamides is 1. The summed E-state index contributed by atoms with van der Waals surface area (Å²) in [5, 5.41) is 2.82. The molecule has 2 aromatic heterocycles. The van der Waals surface area contributed by atoms with Crippen LogP contribution in [0.2, 0.25) is 0 Å². The second kappa shape index (κ2) is 4.80. The normalized spacial score (nSPS) is 12.0. The van der Waals surface area contributed by atoms with Gasteiger partial charge in [0.25, 0.3) is 0 Å². The minimum absolute atomic E-state index is 0.259. The van der Waals surface area contributed by atoms with Gasteiger partial charge in [-0.15, -0.1) is 11.3 Å². The van der Waals surface area contributed by atoms with Gasteiger partial charge in [0.2, 0.25) is 10.0 Å². The van der Waals surface area contributed by atoms with E-state index in [1.54, 1.807) is 17.5 Å². The van der Waals surface area contributed by atoms with Crippen LogP contribution in [0.3, 0.4) is 0 Å². The number of aromatic nitrogens is 1. The summed E-state index contributed by atoms with van der Waals surface area (Å²) >= 11 is 1.21. The zero-order valence-corrected chi connectivity index (χ0v) is 11.6. The second-order valence-corrected chi connectivity index (χ2v) is 7.08. The van der Waals surface area contributed by atoms with E-state index in [0.717, 1.165) is 16.6 Å². The lowest BCUT2D eigenvalue weighted by Gasteiger charge is -2.02. The highest BCUT2D eigenvalue weighted by molar-refractivity contribution is 7.91. The van der Waals surface area contributed by atoms with Gasteiger partial charge in [-0.25, -0.2) is 13.1 Å². The smallest absolute Gasteiger partial charge is 0.250 e. The van der Waals surface area contributed by atoms with Crippen LogP contribution in [0.15, 0.2) is 52.1 Å². The van der Waals surface area contributed by atoms with Crippen molar-refractivity contribution in [3.8, 4) is 0 Å². The highest BCUT2D eigenvalue weighted by atomic mass is 32.2. The van der Waals surface area contributed by atoms with Crippen molar-refractivity contribution in [3.63, 3.8) is 0 Å². The highest BCUT2D eigenvalue weighted by Crippen LogP contribution is 2.17. The fraction of sp³-hybridized carbons (Fsp3) is 0.0769. The molecule has 98 valence electrons. The number of para-hydroxylation sites is 1. The average molecular weight is 292 g/mol. The molecule has 0 aliphatic carbocycles. The SMILES string of the molecule is O=S(=O)(NCc1cc2ccccc2[nH]1)c1cccs1. The Hall–Kier alpha value is -1.63. The standard InChI is InChI=1S/C13H12N2O2S2/c16-19(17,13-6-3-7-18-13)14-9-11-8-10-4-1-2-5-12(10)15-11/h1-8,14-15H,9H2. The zero-order valence-electron chi connectivity index (χ0n) is 9.96. The molecule has 0 spiro atoms. The second-order valence-electron chi connectivity index (χ2n) is 4.14. The summed E-state index contributed by atoms with van der Waals surface area (Å²) in [5.41, 5.74) is 1.86. The van der Waals surface area contributed by atoms with Crippen molar-refractivity contribution >= 4 is 32.3 Å². The first-order valence-corrected chi connectivity index (χ1v) is 8.11. The number of rotatable bonds is 4. The Bertz CT molecular complexity index is 756. The summed E-state index contributed by atoms with van der Waals surface area (Å²) in [6.45, 7) is 0.259. The molecule has 0 fully saturated rings. The van der Waals surface area contributed by atoms with E-state index >= 15 is 0 Å². The fourth-order valence-corrected chi connectivity index (χ4v) is 3.93. The number of benzene rings is 1. The van der Waals surface area contributed by atoms with Gasteiger partial charge in [-0.3, -0.25) is 0 Å². The van der Waals surface area contributed by atoms with E-state index in [0.29, 0.717) is 4.21 Å². The molecule has 6 heteroatoms. The lowest BCUT2D eigenvalue weighted by Crippen LogP contribution is -2.22. The van der Waals surface area contributed by atoms with Crippen LogP contribution >= 0.6 is 11.3 Å². The monoisotopic (exact) mass is 292 g/mol. The quantitative estimate of drug-likeness (QED) is 0.776. The van der Waals surface area contributed by atoms with E-state index in [4.69, 9.17) is 0 Å². The first kappa shape index (κ1) is 12.4. The zero-order chi connectivity index (χ0) is 13.3. The lowest BCUT2D eigenvalue weighted by molar-refractivity contribution is 0.583. The van der Waals surface area contributed by atoms with Crippen LogP contribution in [0.1, 0.15) is 5.69 Å². The summed E-state index contributed by atoms with van der Waals surface area (Å²) in [7, 11) is -3.40. The third-order valence-electron chi connectivity index (χ3n) is 2.80. The predicted octanol–water partition coefficient (Wildman–Crippen LogP) is 2.71. The van der Waals surface area contributed by atoms with Gasteiger partial charge in [0, 0.05) is 11.2 Å². The van der Waals surface area contributed by atoms with Crippen molar-refractivity contribution in [1.29, 1.82) is 0 Å². The molecule has 3 aromatic rings. The van der Waals surface area contributed by atoms with Crippen LogP contribution in [0.4, 0.5) is 0 Å². The fourth-order valence-electron chi connectivity index (χ4n) is 1.89. The summed E-state index contributed by atoms with van der Waals surface area (Å²) < 4.78 is 26.9. The Morgan fingerprint density at radius 2 is 2.00 bits per heavy atom. The third-order valence-corrected chi connectivity index (χ3v) is 5.60. The van der Waals surface area contributed by atoms with E-state index in [-0.39, 0.29) is 6.54 Å². The van der Waals surface area contributed by atoms with Crippen LogP contribution in [0, 0.1) is 0 Å². The maximum absolute atomic E-state index is 12.0. The van der Waals surface area contributed by atoms with Gasteiger partial charge in [-0.05, 0) is 29.0 Å². The van der Waals surface area contributed by atoms with Gasteiger partial charge in [-0.1, -0.05) is 24.3 Å². The Labute approximate surface area is 115 Å². The van der Waals surface area contributed by atoms with Gasteiger partial charge in [0.05, 0.1) is 6.54 Å². The van der Waals surface area contributed by atoms with Gasteiger partial charge < -0.3 is 4.98 Å². The number of H-pyrrole nitrogens is 1. The van der Waals surface area contributed by atoms with E-state index < -0.39 is 10.0 Å². The molecular formula is C13H12N2O2S2. The molecule has 2 heterocycles. The minimum Gasteiger partial charge on any atom is -0.357 e. The van der Waals surface area contributed by atoms with Gasteiger partial charge in [-0.2, -0.15) is 0 Å². The molecule has 0 radical (unpaired) electrons. The summed E-state index contributed by atoms with van der Waals surface area (Å²) in [4.78, 5) is 3.19. The average Bonchev–Trinajstić information content (AvgIpc) is 3.05. The molecule has 4 nitrogen and oxygen atoms in total. The first-order chi connectivity index (χ1) is 9.15. The molecule has 2 N–H and O–H groups in total. The molecule has 0 saturated carbocycles. The molecular weight excluding hydrogens is 280 g/mol. The molecule has 3 rings (SSSR count). The van der Waals surface area contributed by atoms with Gasteiger partial charge >= 0.3 is 0 Å². The Balaban J connectivity index is 1.79. The summed E-state index contributed by atoms with van der Waals surface area (Å²) in [6.07, 6.45) is 0. The van der Waals surface area contributed by atoms with Crippen molar-refractivity contribution in [1.82, 2.24) is 9.71 Å². The molecule has 0 atom stereocenters.